The smallest absolute Gasteiger partial charge is 0.284 e. The highest BCUT2D eigenvalue weighted by atomic mass is 79.9. The van der Waals surface area contributed by atoms with Crippen LogP contribution in [0, 0.1) is 17.0 Å². The van der Waals surface area contributed by atoms with E-state index < -0.39 is 10.8 Å². The third-order valence-corrected chi connectivity index (χ3v) is 3.22. The van der Waals surface area contributed by atoms with Gasteiger partial charge >= 0.3 is 0 Å². The van der Waals surface area contributed by atoms with Crippen molar-refractivity contribution in [1.82, 2.24) is 15.5 Å². The standard InChI is InChI=1S/C11H9BrN4O4/c1-6-14-9(20-15-6)5-13-11(17)7-3-2-4-8(10(7)12)16(18)19/h2-4H,5H2,1H3,(H,13,17). The Kier molecular flexibility index (Phi) is 4.08. The van der Waals surface area contributed by atoms with Gasteiger partial charge in [-0.05, 0) is 28.9 Å². The summed E-state index contributed by atoms with van der Waals surface area (Å²) in [5.41, 5.74) is -0.0123. The second-order valence-electron chi connectivity index (χ2n) is 3.81. The Hall–Kier alpha value is -2.29. The molecule has 1 aromatic carbocycles. The fourth-order valence-electron chi connectivity index (χ4n) is 1.50. The molecule has 0 aliphatic rings. The highest BCUT2D eigenvalue weighted by Crippen LogP contribution is 2.28. The average Bonchev–Trinajstić information content (AvgIpc) is 2.81. The summed E-state index contributed by atoms with van der Waals surface area (Å²) < 4.78 is 4.98. The lowest BCUT2D eigenvalue weighted by Gasteiger charge is -2.05. The molecule has 2 rings (SSSR count). The van der Waals surface area contributed by atoms with Crippen LogP contribution in [0.1, 0.15) is 22.1 Å². The molecule has 9 heteroatoms. The molecule has 20 heavy (non-hydrogen) atoms. The van der Waals surface area contributed by atoms with Crippen LogP contribution in [-0.4, -0.2) is 21.0 Å². The predicted molar refractivity (Wildman–Crippen MR) is 71.0 cm³/mol. The van der Waals surface area contributed by atoms with E-state index in [-0.39, 0.29) is 28.2 Å². The normalized spacial score (nSPS) is 10.3. The summed E-state index contributed by atoms with van der Waals surface area (Å²) in [5, 5.41) is 16.9. The molecule has 0 saturated heterocycles. The van der Waals surface area contributed by atoms with Gasteiger partial charge in [0.1, 0.15) is 4.47 Å². The van der Waals surface area contributed by atoms with Gasteiger partial charge in [-0.3, -0.25) is 14.9 Å². The zero-order valence-corrected chi connectivity index (χ0v) is 11.9. The first-order valence-corrected chi connectivity index (χ1v) is 6.28. The molecule has 1 amide bonds. The van der Waals surface area contributed by atoms with Crippen LogP contribution in [0.4, 0.5) is 5.69 Å². The third-order valence-electron chi connectivity index (χ3n) is 2.39. The number of nitro benzene ring substituents is 1. The number of aryl methyl sites for hydroxylation is 1. The van der Waals surface area contributed by atoms with E-state index in [4.69, 9.17) is 4.52 Å². The minimum atomic E-state index is -0.567. The van der Waals surface area contributed by atoms with Crippen molar-refractivity contribution in [3.63, 3.8) is 0 Å². The molecular weight excluding hydrogens is 332 g/mol. The van der Waals surface area contributed by atoms with E-state index in [1.807, 2.05) is 0 Å². The number of hydrogen-bond donors (Lipinski definition) is 1. The van der Waals surface area contributed by atoms with Gasteiger partial charge in [0.05, 0.1) is 17.0 Å². The number of aromatic nitrogens is 2. The number of amides is 1. The first kappa shape index (κ1) is 14.1. The first-order valence-electron chi connectivity index (χ1n) is 5.49. The van der Waals surface area contributed by atoms with E-state index >= 15 is 0 Å². The largest absolute Gasteiger partial charge is 0.343 e. The van der Waals surface area contributed by atoms with Gasteiger partial charge in [0.25, 0.3) is 11.6 Å². The van der Waals surface area contributed by atoms with Gasteiger partial charge in [0, 0.05) is 6.07 Å². The molecule has 1 aromatic heterocycles. The Labute approximate surface area is 121 Å². The lowest BCUT2D eigenvalue weighted by Crippen LogP contribution is -2.23. The number of nitrogens with one attached hydrogen (secondary N) is 1. The van der Waals surface area contributed by atoms with E-state index in [9.17, 15) is 14.9 Å². The van der Waals surface area contributed by atoms with Crippen LogP contribution < -0.4 is 5.32 Å². The van der Waals surface area contributed by atoms with E-state index in [0.717, 1.165) is 0 Å². The van der Waals surface area contributed by atoms with E-state index in [1.54, 1.807) is 6.92 Å². The van der Waals surface area contributed by atoms with Crippen molar-refractivity contribution in [3.05, 3.63) is 50.1 Å². The van der Waals surface area contributed by atoms with Crippen LogP contribution in [0.25, 0.3) is 0 Å². The van der Waals surface area contributed by atoms with Crippen molar-refractivity contribution in [2.75, 3.05) is 0 Å². The van der Waals surface area contributed by atoms with Gasteiger partial charge in [0.2, 0.25) is 5.89 Å². The fraction of sp³-hybridized carbons (Fsp3) is 0.182. The zero-order valence-electron chi connectivity index (χ0n) is 10.3. The second-order valence-corrected chi connectivity index (χ2v) is 4.61. The number of rotatable bonds is 4. The maximum absolute atomic E-state index is 12.0. The monoisotopic (exact) mass is 340 g/mol. The zero-order chi connectivity index (χ0) is 14.7. The Morgan fingerprint density at radius 1 is 1.55 bits per heavy atom. The first-order chi connectivity index (χ1) is 9.49. The molecule has 8 nitrogen and oxygen atoms in total. The minimum absolute atomic E-state index is 0.0504. The van der Waals surface area contributed by atoms with Crippen molar-refractivity contribution in [3.8, 4) is 0 Å². The van der Waals surface area contributed by atoms with Crippen LogP contribution in [0.3, 0.4) is 0 Å². The molecule has 0 saturated carbocycles. The summed E-state index contributed by atoms with van der Waals surface area (Å²) in [6.07, 6.45) is 0. The topological polar surface area (TPSA) is 111 Å². The number of hydrogen-bond acceptors (Lipinski definition) is 6. The van der Waals surface area contributed by atoms with Gasteiger partial charge in [0.15, 0.2) is 5.82 Å². The number of nitro groups is 1. The Balaban J connectivity index is 2.13. The lowest BCUT2D eigenvalue weighted by atomic mass is 10.2. The molecule has 0 spiro atoms. The highest BCUT2D eigenvalue weighted by Gasteiger charge is 2.19. The number of nitrogens with zero attached hydrogens (tertiary/aromatic N) is 3. The quantitative estimate of drug-likeness (QED) is 0.672. The predicted octanol–water partition coefficient (Wildman–Crippen LogP) is 1.98. The van der Waals surface area contributed by atoms with Gasteiger partial charge in [-0.1, -0.05) is 11.2 Å². The SMILES string of the molecule is Cc1noc(CNC(=O)c2cccc([N+](=O)[O-])c2Br)n1. The maximum atomic E-state index is 12.0. The molecule has 0 atom stereocenters. The van der Waals surface area contributed by atoms with Gasteiger partial charge in [-0.25, -0.2) is 0 Å². The van der Waals surface area contributed by atoms with E-state index in [0.29, 0.717) is 5.82 Å². The molecule has 0 bridgehead atoms. The van der Waals surface area contributed by atoms with E-state index in [2.05, 4.69) is 31.4 Å². The van der Waals surface area contributed by atoms with Crippen LogP contribution in [-0.2, 0) is 6.54 Å². The van der Waals surface area contributed by atoms with Crippen LogP contribution in [0.2, 0.25) is 0 Å². The lowest BCUT2D eigenvalue weighted by molar-refractivity contribution is -0.385. The summed E-state index contributed by atoms with van der Waals surface area (Å²) in [6.45, 7) is 1.71. The van der Waals surface area contributed by atoms with Crippen molar-refractivity contribution in [2.24, 2.45) is 0 Å². The molecule has 104 valence electrons. The fourth-order valence-corrected chi connectivity index (χ4v) is 2.09. The average molecular weight is 341 g/mol. The van der Waals surface area contributed by atoms with Crippen molar-refractivity contribution >= 4 is 27.5 Å². The van der Waals surface area contributed by atoms with Gasteiger partial charge in [-0.2, -0.15) is 4.98 Å². The number of benzene rings is 1. The molecule has 0 unspecified atom stereocenters. The number of carbonyl (C=O) groups is 1. The molecule has 1 N–H and O–H groups in total. The molecule has 0 aliphatic carbocycles. The minimum Gasteiger partial charge on any atom is -0.343 e. The Morgan fingerprint density at radius 2 is 2.30 bits per heavy atom. The number of halogens is 1. The molecule has 1 heterocycles. The summed E-state index contributed by atoms with van der Waals surface area (Å²) in [5.74, 6) is 0.250. The highest BCUT2D eigenvalue weighted by molar-refractivity contribution is 9.10. The second kappa shape index (κ2) is 5.78. The van der Waals surface area contributed by atoms with E-state index in [1.165, 1.54) is 18.2 Å². The number of carbonyl (C=O) groups excluding carboxylic acids is 1. The van der Waals surface area contributed by atoms with Crippen molar-refractivity contribution in [1.29, 1.82) is 0 Å². The molecular formula is C11H9BrN4O4. The summed E-state index contributed by atoms with van der Waals surface area (Å²) in [6, 6.07) is 4.22. The van der Waals surface area contributed by atoms with Gasteiger partial charge in [-0.15, -0.1) is 0 Å². The Morgan fingerprint density at radius 3 is 2.90 bits per heavy atom. The third kappa shape index (κ3) is 2.99. The molecule has 2 aromatic rings. The molecule has 0 aliphatic heterocycles. The summed E-state index contributed by atoms with van der Waals surface area (Å²) in [7, 11) is 0. The summed E-state index contributed by atoms with van der Waals surface area (Å²) in [4.78, 5) is 26.1. The van der Waals surface area contributed by atoms with Crippen molar-refractivity contribution in [2.45, 2.75) is 13.5 Å². The Bertz CT molecular complexity index is 670. The van der Waals surface area contributed by atoms with Crippen LogP contribution in [0.5, 0.6) is 0 Å². The van der Waals surface area contributed by atoms with Crippen LogP contribution >= 0.6 is 15.9 Å². The molecule has 0 fully saturated rings. The molecule has 0 radical (unpaired) electrons. The van der Waals surface area contributed by atoms with Crippen LogP contribution in [0.15, 0.2) is 27.2 Å². The maximum Gasteiger partial charge on any atom is 0.284 e. The van der Waals surface area contributed by atoms with Gasteiger partial charge < -0.3 is 9.84 Å². The summed E-state index contributed by atoms with van der Waals surface area (Å²) >= 11 is 3.06. The van der Waals surface area contributed by atoms with Crippen molar-refractivity contribution < 1.29 is 14.2 Å².